The predicted molar refractivity (Wildman–Crippen MR) is 80.9 cm³/mol. The molecule has 116 valence electrons. The molecule has 2 aromatic carbocycles. The first-order chi connectivity index (χ1) is 10.5. The summed E-state index contributed by atoms with van der Waals surface area (Å²) < 4.78 is 32.7. The quantitative estimate of drug-likeness (QED) is 0.904. The SMILES string of the molecule is CC[C@@H](Oc1ccc(C)cc1)C(=O)Nc1c(F)cccc1F. The number of hydrogen-bond donors (Lipinski definition) is 1. The maximum Gasteiger partial charge on any atom is 0.265 e. The molecule has 0 bridgehead atoms. The first-order valence-electron chi connectivity index (χ1n) is 6.99. The highest BCUT2D eigenvalue weighted by Gasteiger charge is 2.21. The minimum absolute atomic E-state index is 0.371. The van der Waals surface area contributed by atoms with Crippen LogP contribution in [-0.4, -0.2) is 12.0 Å². The van der Waals surface area contributed by atoms with Crippen LogP contribution in [0.4, 0.5) is 14.5 Å². The summed E-state index contributed by atoms with van der Waals surface area (Å²) in [7, 11) is 0. The van der Waals surface area contributed by atoms with Crippen molar-refractivity contribution in [1.29, 1.82) is 0 Å². The van der Waals surface area contributed by atoms with Crippen LogP contribution in [0.5, 0.6) is 5.75 Å². The van der Waals surface area contributed by atoms with Crippen LogP contribution in [0, 0.1) is 18.6 Å². The second kappa shape index (κ2) is 7.02. The Balaban J connectivity index is 2.10. The first-order valence-corrected chi connectivity index (χ1v) is 6.99. The Hall–Kier alpha value is -2.43. The van der Waals surface area contributed by atoms with Crippen LogP contribution in [0.1, 0.15) is 18.9 Å². The van der Waals surface area contributed by atoms with E-state index in [2.05, 4.69) is 5.32 Å². The number of rotatable bonds is 5. The number of benzene rings is 2. The Kier molecular flexibility index (Phi) is 5.09. The van der Waals surface area contributed by atoms with Crippen molar-refractivity contribution in [3.05, 3.63) is 59.7 Å². The fraction of sp³-hybridized carbons (Fsp3) is 0.235. The van der Waals surface area contributed by atoms with E-state index in [9.17, 15) is 13.6 Å². The average Bonchev–Trinajstić information content (AvgIpc) is 2.50. The van der Waals surface area contributed by atoms with Gasteiger partial charge in [-0.05, 0) is 37.6 Å². The molecule has 1 atom stereocenters. The smallest absolute Gasteiger partial charge is 0.265 e. The van der Waals surface area contributed by atoms with Gasteiger partial charge >= 0.3 is 0 Å². The predicted octanol–water partition coefficient (Wildman–Crippen LogP) is 4.07. The lowest BCUT2D eigenvalue weighted by Crippen LogP contribution is -2.33. The first kappa shape index (κ1) is 15.9. The highest BCUT2D eigenvalue weighted by molar-refractivity contribution is 5.94. The molecule has 0 spiro atoms. The Bertz CT molecular complexity index is 636. The third-order valence-electron chi connectivity index (χ3n) is 3.17. The van der Waals surface area contributed by atoms with Crippen molar-refractivity contribution in [2.24, 2.45) is 0 Å². The summed E-state index contributed by atoms with van der Waals surface area (Å²) in [6.45, 7) is 3.70. The summed E-state index contributed by atoms with van der Waals surface area (Å²) in [6.07, 6.45) is -0.461. The number of hydrogen-bond acceptors (Lipinski definition) is 2. The maximum absolute atomic E-state index is 13.6. The second-order valence-corrected chi connectivity index (χ2v) is 4.91. The second-order valence-electron chi connectivity index (χ2n) is 4.91. The number of para-hydroxylation sites is 1. The van der Waals surface area contributed by atoms with Crippen LogP contribution in [0.25, 0.3) is 0 Å². The van der Waals surface area contributed by atoms with E-state index in [1.165, 1.54) is 6.07 Å². The molecule has 0 aliphatic carbocycles. The average molecular weight is 305 g/mol. The van der Waals surface area contributed by atoms with E-state index in [1.807, 2.05) is 19.1 Å². The van der Waals surface area contributed by atoms with Gasteiger partial charge in [0.25, 0.3) is 5.91 Å². The van der Waals surface area contributed by atoms with Gasteiger partial charge in [-0.3, -0.25) is 4.79 Å². The lowest BCUT2D eigenvalue weighted by molar-refractivity contribution is -0.122. The molecule has 0 aromatic heterocycles. The van der Waals surface area contributed by atoms with Gasteiger partial charge in [0, 0.05) is 0 Å². The van der Waals surface area contributed by atoms with Gasteiger partial charge in [-0.1, -0.05) is 30.7 Å². The number of carbonyl (C=O) groups is 1. The molecule has 0 aliphatic rings. The topological polar surface area (TPSA) is 38.3 Å². The van der Waals surface area contributed by atoms with E-state index in [0.717, 1.165) is 17.7 Å². The van der Waals surface area contributed by atoms with Crippen LogP contribution in [0.15, 0.2) is 42.5 Å². The summed E-state index contributed by atoms with van der Waals surface area (Å²) in [5.74, 6) is -1.70. The van der Waals surface area contributed by atoms with Gasteiger partial charge in [-0.25, -0.2) is 8.78 Å². The largest absolute Gasteiger partial charge is 0.481 e. The van der Waals surface area contributed by atoms with Gasteiger partial charge in [0.2, 0.25) is 0 Å². The molecule has 0 radical (unpaired) electrons. The Morgan fingerprint density at radius 3 is 2.27 bits per heavy atom. The fourth-order valence-electron chi connectivity index (χ4n) is 1.92. The molecule has 5 heteroatoms. The monoisotopic (exact) mass is 305 g/mol. The zero-order valence-electron chi connectivity index (χ0n) is 12.4. The van der Waals surface area contributed by atoms with Crippen molar-refractivity contribution in [2.45, 2.75) is 26.4 Å². The normalized spacial score (nSPS) is 11.8. The van der Waals surface area contributed by atoms with Crippen molar-refractivity contribution >= 4 is 11.6 Å². The van der Waals surface area contributed by atoms with Gasteiger partial charge in [-0.2, -0.15) is 0 Å². The Morgan fingerprint density at radius 2 is 1.73 bits per heavy atom. The maximum atomic E-state index is 13.6. The minimum Gasteiger partial charge on any atom is -0.481 e. The van der Waals surface area contributed by atoms with Crippen LogP contribution in [0.2, 0.25) is 0 Å². The van der Waals surface area contributed by atoms with Crippen molar-refractivity contribution in [3.63, 3.8) is 0 Å². The molecule has 0 unspecified atom stereocenters. The number of carbonyl (C=O) groups excluding carboxylic acids is 1. The van der Waals surface area contributed by atoms with E-state index in [0.29, 0.717) is 12.2 Å². The molecule has 1 amide bonds. The zero-order chi connectivity index (χ0) is 16.1. The highest BCUT2D eigenvalue weighted by Crippen LogP contribution is 2.20. The van der Waals surface area contributed by atoms with E-state index in [-0.39, 0.29) is 0 Å². The van der Waals surface area contributed by atoms with Crippen molar-refractivity contribution in [1.82, 2.24) is 0 Å². The number of aryl methyl sites for hydroxylation is 1. The molecule has 3 nitrogen and oxygen atoms in total. The molecule has 0 saturated carbocycles. The highest BCUT2D eigenvalue weighted by atomic mass is 19.1. The minimum atomic E-state index is -0.832. The molecule has 0 heterocycles. The van der Waals surface area contributed by atoms with Gasteiger partial charge in [0.15, 0.2) is 6.10 Å². The number of amides is 1. The van der Waals surface area contributed by atoms with Crippen LogP contribution in [0.3, 0.4) is 0 Å². The van der Waals surface area contributed by atoms with Crippen LogP contribution in [-0.2, 0) is 4.79 Å². The number of ether oxygens (including phenoxy) is 1. The van der Waals surface area contributed by atoms with E-state index in [1.54, 1.807) is 19.1 Å². The van der Waals surface area contributed by atoms with Crippen LogP contribution >= 0.6 is 0 Å². The summed E-state index contributed by atoms with van der Waals surface area (Å²) >= 11 is 0. The number of halogens is 2. The van der Waals surface area contributed by atoms with Crippen molar-refractivity contribution in [2.75, 3.05) is 5.32 Å². The molecular weight excluding hydrogens is 288 g/mol. The fourth-order valence-corrected chi connectivity index (χ4v) is 1.92. The zero-order valence-corrected chi connectivity index (χ0v) is 12.4. The molecule has 0 saturated heterocycles. The molecule has 0 aliphatic heterocycles. The summed E-state index contributed by atoms with van der Waals surface area (Å²) in [5, 5.41) is 2.25. The van der Waals surface area contributed by atoms with Crippen molar-refractivity contribution in [3.8, 4) is 5.75 Å². The molecule has 0 fully saturated rings. The third kappa shape index (κ3) is 3.81. The lowest BCUT2D eigenvalue weighted by atomic mass is 10.2. The summed E-state index contributed by atoms with van der Waals surface area (Å²) in [4.78, 5) is 12.1. The van der Waals surface area contributed by atoms with E-state index >= 15 is 0 Å². The van der Waals surface area contributed by atoms with Crippen molar-refractivity contribution < 1.29 is 18.3 Å². The standard InChI is InChI=1S/C17H17F2NO2/c1-3-15(22-12-9-7-11(2)8-10-12)17(21)20-16-13(18)5-4-6-14(16)19/h4-10,15H,3H2,1-2H3,(H,20,21)/t15-/m1/s1. The Morgan fingerprint density at radius 1 is 1.14 bits per heavy atom. The van der Waals surface area contributed by atoms with E-state index in [4.69, 9.17) is 4.74 Å². The van der Waals surface area contributed by atoms with Gasteiger partial charge < -0.3 is 10.1 Å². The molecule has 2 aromatic rings. The number of nitrogens with one attached hydrogen (secondary N) is 1. The lowest BCUT2D eigenvalue weighted by Gasteiger charge is -2.18. The van der Waals surface area contributed by atoms with Gasteiger partial charge in [0.1, 0.15) is 23.1 Å². The van der Waals surface area contributed by atoms with Gasteiger partial charge in [-0.15, -0.1) is 0 Å². The number of anilines is 1. The third-order valence-corrected chi connectivity index (χ3v) is 3.17. The molecular formula is C17H17F2NO2. The molecule has 22 heavy (non-hydrogen) atoms. The molecule has 2 rings (SSSR count). The Labute approximate surface area is 127 Å². The molecule has 1 N–H and O–H groups in total. The summed E-state index contributed by atoms with van der Waals surface area (Å²) in [5.41, 5.74) is 0.608. The van der Waals surface area contributed by atoms with E-state index < -0.39 is 29.3 Å². The van der Waals surface area contributed by atoms with Gasteiger partial charge in [0.05, 0.1) is 0 Å². The van der Waals surface area contributed by atoms with Crippen LogP contribution < -0.4 is 10.1 Å². The summed E-state index contributed by atoms with van der Waals surface area (Å²) in [6, 6.07) is 10.6.